The van der Waals surface area contributed by atoms with Gasteiger partial charge in [0.2, 0.25) is 0 Å². The number of aryl methyl sites for hydroxylation is 1. The third-order valence-corrected chi connectivity index (χ3v) is 14.6. The van der Waals surface area contributed by atoms with Gasteiger partial charge >= 0.3 is 70.6 Å². The van der Waals surface area contributed by atoms with E-state index < -0.39 is 195 Å². The molecule has 0 heterocycles. The average Bonchev–Trinajstić information content (AvgIpc) is 3.25. The first-order valence-electron chi connectivity index (χ1n) is 20.5. The zero-order chi connectivity index (χ0) is 56.2. The highest BCUT2D eigenvalue weighted by Gasteiger charge is 2.47. The number of hydrogen-bond acceptors (Lipinski definition) is 0. The van der Waals surface area contributed by atoms with Crippen LogP contribution in [-0.4, -0.2) is 6.15 Å². The minimum absolute atomic E-state index is 0.0110. The summed E-state index contributed by atoms with van der Waals surface area (Å²) in [6.45, 7) is 6.86. The summed E-state index contributed by atoms with van der Waals surface area (Å²) in [5.74, 6) is 0. The molecule has 0 fully saturated rings. The van der Waals surface area contributed by atoms with Crippen LogP contribution in [0.1, 0.15) is 69.5 Å². The maximum atomic E-state index is 14.2. The Morgan fingerprint density at radius 3 is 0.703 bits per heavy atom. The molecule has 0 radical (unpaired) electrons. The molecule has 400 valence electrons. The van der Waals surface area contributed by atoms with Crippen molar-refractivity contribution in [1.82, 2.24) is 0 Å². The lowest BCUT2D eigenvalue weighted by molar-refractivity contribution is -0.705. The Bertz CT molecular complexity index is 2500. The summed E-state index contributed by atoms with van der Waals surface area (Å²) in [7, 11) is 0. The molecule has 0 aliphatic heterocycles. The minimum atomic E-state index is -6.13. The van der Waals surface area contributed by atoms with Gasteiger partial charge in [0.05, 0.1) is 44.5 Å². The molecule has 0 saturated heterocycles. The van der Waals surface area contributed by atoms with Crippen molar-refractivity contribution in [3.8, 4) is 0 Å². The van der Waals surface area contributed by atoms with Gasteiger partial charge in [-0.2, -0.15) is 127 Å². The fraction of sp³-hybridized carbons (Fsp3) is 0.250. The highest BCUT2D eigenvalue weighted by atomic mass is 127. The third-order valence-electron chi connectivity index (χ3n) is 11.3. The summed E-state index contributed by atoms with van der Waals surface area (Å²) in [6, 6.07) is 11.0. The SMILES string of the molecule is Cc1ccc([I+]C(C)(C)c2ccccc2)cc1.FC(F)(F)c1cc([B-](c2cc(C(F)(F)F)cc(C(F)(F)F)c2)(c2cc(C(F)(F)F)cc(C(F)(F)F)c2)c2cc(C(F)(F)F)cc(C(F)(F)F)c2)cc(C(F)(F)F)c1. The van der Waals surface area contributed by atoms with Crippen LogP contribution < -0.4 is 43.1 Å². The van der Waals surface area contributed by atoms with E-state index in [-0.39, 0.29) is 21.2 Å². The number of rotatable bonds is 7. The summed E-state index contributed by atoms with van der Waals surface area (Å²) in [5, 5.41) is 0. The second-order valence-corrected chi connectivity index (χ2v) is 21.4. The van der Waals surface area contributed by atoms with Crippen molar-refractivity contribution in [2.75, 3.05) is 0 Å². The van der Waals surface area contributed by atoms with Crippen molar-refractivity contribution >= 4 is 28.0 Å². The Morgan fingerprint density at radius 1 is 0.284 bits per heavy atom. The quantitative estimate of drug-likeness (QED) is 0.0647. The fourth-order valence-corrected chi connectivity index (χ4v) is 10.8. The van der Waals surface area contributed by atoms with Crippen LogP contribution in [0.5, 0.6) is 0 Å². The topological polar surface area (TPSA) is 0 Å². The van der Waals surface area contributed by atoms with Gasteiger partial charge in [-0.1, -0.05) is 96.6 Å². The van der Waals surface area contributed by atoms with Crippen LogP contribution in [0.3, 0.4) is 0 Å². The van der Waals surface area contributed by atoms with Gasteiger partial charge in [0.1, 0.15) is 6.15 Å². The van der Waals surface area contributed by atoms with E-state index in [1.54, 1.807) is 0 Å². The normalized spacial score (nSPS) is 13.7. The molecule has 0 spiro atoms. The maximum absolute atomic E-state index is 14.2. The Kier molecular flexibility index (Phi) is 16.2. The van der Waals surface area contributed by atoms with Crippen LogP contribution in [0.15, 0.2) is 127 Å². The lowest BCUT2D eigenvalue weighted by Gasteiger charge is -2.46. The molecule has 0 saturated carbocycles. The second kappa shape index (κ2) is 20.2. The number of halogens is 25. The van der Waals surface area contributed by atoms with Crippen LogP contribution in [0.2, 0.25) is 0 Å². The summed E-state index contributed by atoms with van der Waals surface area (Å²) in [5.41, 5.74) is -27.4. The Labute approximate surface area is 413 Å². The molecule has 0 atom stereocenters. The number of benzene rings is 6. The molecule has 0 bridgehead atoms. The lowest BCUT2D eigenvalue weighted by Crippen LogP contribution is -3.66. The predicted molar refractivity (Wildman–Crippen MR) is 219 cm³/mol. The van der Waals surface area contributed by atoms with Crippen LogP contribution >= 0.6 is 0 Å². The van der Waals surface area contributed by atoms with E-state index in [2.05, 4.69) is 75.4 Å². The summed E-state index contributed by atoms with van der Waals surface area (Å²) in [4.78, 5) is 0. The zero-order valence-corrected chi connectivity index (χ0v) is 39.3. The van der Waals surface area contributed by atoms with E-state index in [1.807, 2.05) is 0 Å². The van der Waals surface area contributed by atoms with Gasteiger partial charge in [0.25, 0.3) is 0 Å². The molecule has 0 unspecified atom stereocenters. The number of alkyl halides is 25. The van der Waals surface area contributed by atoms with Crippen molar-refractivity contribution in [3.63, 3.8) is 0 Å². The van der Waals surface area contributed by atoms with Gasteiger partial charge in [-0.15, -0.1) is 0 Å². The Hall–Kier alpha value is -5.57. The van der Waals surface area contributed by atoms with Crippen molar-refractivity contribution < 1.29 is 127 Å². The molecule has 0 amide bonds. The van der Waals surface area contributed by atoms with E-state index in [4.69, 9.17) is 0 Å². The van der Waals surface area contributed by atoms with Gasteiger partial charge in [0, 0.05) is 5.56 Å². The van der Waals surface area contributed by atoms with Gasteiger partial charge in [-0.25, -0.2) is 0 Å². The zero-order valence-electron chi connectivity index (χ0n) is 37.2. The lowest BCUT2D eigenvalue weighted by atomic mass is 9.12. The molecule has 26 heteroatoms. The van der Waals surface area contributed by atoms with Gasteiger partial charge < -0.3 is 0 Å². The molecule has 6 aromatic carbocycles. The predicted octanol–water partition coefficient (Wildman–Crippen LogP) is 12.4. The highest BCUT2D eigenvalue weighted by Crippen LogP contribution is 2.41. The monoisotopic (exact) mass is 1200 g/mol. The van der Waals surface area contributed by atoms with Gasteiger partial charge in [-0.3, -0.25) is 0 Å². The second-order valence-electron chi connectivity index (χ2n) is 17.0. The van der Waals surface area contributed by atoms with Crippen molar-refractivity contribution in [2.24, 2.45) is 0 Å². The molecule has 0 N–H and O–H groups in total. The summed E-state index contributed by atoms with van der Waals surface area (Å²) in [6.07, 6.45) is -54.8. The minimum Gasteiger partial charge on any atom is -0.194 e. The largest absolute Gasteiger partial charge is 0.416 e. The molecule has 0 aliphatic rings. The van der Waals surface area contributed by atoms with Gasteiger partial charge in [0.15, 0.2) is 6.99 Å². The molecule has 0 aromatic heterocycles. The first-order valence-corrected chi connectivity index (χ1v) is 22.6. The smallest absolute Gasteiger partial charge is 0.194 e. The third kappa shape index (κ3) is 13.8. The van der Waals surface area contributed by atoms with Crippen LogP contribution in [0.25, 0.3) is 0 Å². The summed E-state index contributed by atoms with van der Waals surface area (Å²) >= 11 is -0.0110. The highest BCUT2D eigenvalue weighted by molar-refractivity contribution is 7.20. The standard InChI is InChI=1S/C32H12BF24.C16H18I/c34-25(35,36)13-1-14(26(37,38)39)6-21(5-13)33(22-7-15(27(40,41)42)2-16(8-22)28(43,44)45,23-9-17(29(46,47)48)3-18(10-23)30(49,50)51)24-11-19(31(52,53)54)4-20(12-24)32(55,56)57;1-13-9-11-15(12-10-13)17-16(2,3)14-7-5-4-6-8-14/h1-12H;4-12H,1-3H3/q-1;+1. The average molecular weight is 1200 g/mol. The van der Waals surface area contributed by atoms with E-state index in [0.29, 0.717) is 3.42 Å². The molecule has 6 aromatic rings. The first-order chi connectivity index (χ1) is 33.3. The van der Waals surface area contributed by atoms with E-state index in [9.17, 15) is 105 Å². The molecular weight excluding hydrogens is 1170 g/mol. The fourth-order valence-electron chi connectivity index (χ4n) is 7.83. The Balaban J connectivity index is 0.000000500. The molecule has 0 aliphatic carbocycles. The first kappa shape index (κ1) is 59.3. The van der Waals surface area contributed by atoms with E-state index in [1.165, 1.54) is 14.7 Å². The summed E-state index contributed by atoms with van der Waals surface area (Å²) < 4.78 is 343. The Morgan fingerprint density at radius 2 is 0.500 bits per heavy atom. The molecule has 0 nitrogen and oxygen atoms in total. The maximum Gasteiger partial charge on any atom is 0.416 e. The number of hydrogen-bond donors (Lipinski definition) is 0. The molecular formula is C48H30BF24I. The van der Waals surface area contributed by atoms with Crippen molar-refractivity contribution in [2.45, 2.75) is 73.6 Å². The van der Waals surface area contributed by atoms with E-state index in [0.717, 1.165) is 0 Å². The van der Waals surface area contributed by atoms with Crippen molar-refractivity contribution in [3.05, 3.63) is 187 Å². The molecule has 74 heavy (non-hydrogen) atoms. The molecule has 6 rings (SSSR count). The van der Waals surface area contributed by atoms with Crippen LogP contribution in [0.4, 0.5) is 105 Å². The van der Waals surface area contributed by atoms with E-state index >= 15 is 0 Å². The van der Waals surface area contributed by atoms with Crippen LogP contribution in [0, 0.1) is 10.5 Å². The van der Waals surface area contributed by atoms with Crippen molar-refractivity contribution in [1.29, 1.82) is 0 Å². The van der Waals surface area contributed by atoms with Crippen LogP contribution in [-0.2, 0) is 52.8 Å². The van der Waals surface area contributed by atoms with Gasteiger partial charge in [-0.05, 0) is 57.2 Å².